The van der Waals surface area contributed by atoms with Crippen LogP contribution in [0.5, 0.6) is 0 Å². The number of nitrogens with one attached hydrogen (secondary N) is 3. The maximum Gasteiger partial charge on any atom is 0.226 e. The van der Waals surface area contributed by atoms with E-state index < -0.39 is 0 Å². The van der Waals surface area contributed by atoms with Gasteiger partial charge in [-0.15, -0.1) is 0 Å². The van der Waals surface area contributed by atoms with E-state index in [0.717, 1.165) is 18.7 Å². The van der Waals surface area contributed by atoms with E-state index >= 15 is 0 Å². The van der Waals surface area contributed by atoms with Crippen molar-refractivity contribution < 1.29 is 9.53 Å². The highest BCUT2D eigenvalue weighted by Gasteiger charge is 2.13. The van der Waals surface area contributed by atoms with Gasteiger partial charge in [0.15, 0.2) is 11.6 Å². The molecule has 3 heterocycles. The van der Waals surface area contributed by atoms with Gasteiger partial charge in [-0.1, -0.05) is 35.9 Å². The molecule has 0 bridgehead atoms. The Morgan fingerprint density at radius 1 is 1.09 bits per heavy atom. The number of aromatic amines is 1. The predicted octanol–water partition coefficient (Wildman–Crippen LogP) is 3.08. The number of carbonyl (C=O) groups excluding carboxylic acids is 1. The quantitative estimate of drug-likeness (QED) is 0.501. The smallest absolute Gasteiger partial charge is 0.226 e. The minimum absolute atomic E-state index is 0.0885. The molecule has 2 aromatic heterocycles. The highest BCUT2D eigenvalue weighted by atomic mass is 16.5. The summed E-state index contributed by atoms with van der Waals surface area (Å²) < 4.78 is 5.35. The van der Waals surface area contributed by atoms with Crippen molar-refractivity contribution in [2.24, 2.45) is 0 Å². The van der Waals surface area contributed by atoms with E-state index in [4.69, 9.17) is 4.74 Å². The van der Waals surface area contributed by atoms with Gasteiger partial charge in [0.05, 0.1) is 13.2 Å². The summed E-state index contributed by atoms with van der Waals surface area (Å²) in [7, 11) is 0. The molecule has 3 aromatic rings. The van der Waals surface area contributed by atoms with Crippen LogP contribution in [0.3, 0.4) is 0 Å². The van der Waals surface area contributed by atoms with Crippen LogP contribution in [-0.4, -0.2) is 63.8 Å². The summed E-state index contributed by atoms with van der Waals surface area (Å²) in [6, 6.07) is 11.7. The first-order chi connectivity index (χ1) is 15.6. The van der Waals surface area contributed by atoms with Gasteiger partial charge in [-0.05, 0) is 18.6 Å². The zero-order valence-electron chi connectivity index (χ0n) is 18.0. The van der Waals surface area contributed by atoms with Crippen molar-refractivity contribution in [2.75, 3.05) is 43.5 Å². The van der Waals surface area contributed by atoms with E-state index in [0.29, 0.717) is 49.5 Å². The van der Waals surface area contributed by atoms with E-state index in [1.807, 2.05) is 24.3 Å². The van der Waals surface area contributed by atoms with Crippen LogP contribution in [0.1, 0.15) is 23.4 Å². The predicted molar refractivity (Wildman–Crippen MR) is 125 cm³/mol. The number of aryl methyl sites for hydroxylation is 1. The van der Waals surface area contributed by atoms with E-state index in [2.05, 4.69) is 54.8 Å². The summed E-state index contributed by atoms with van der Waals surface area (Å²) in [5.74, 6) is 2.00. The molecule has 1 amide bonds. The number of carbonyl (C=O) groups is 1. The molecular formula is C23H27N7O2. The first kappa shape index (κ1) is 21.7. The largest absolute Gasteiger partial charge is 0.379 e. The van der Waals surface area contributed by atoms with Crippen molar-refractivity contribution in [3.63, 3.8) is 0 Å². The second-order valence-electron chi connectivity index (χ2n) is 7.58. The second-order valence-corrected chi connectivity index (χ2v) is 7.58. The topological polar surface area (TPSA) is 108 Å². The lowest BCUT2D eigenvalue weighted by Crippen LogP contribution is -2.38. The van der Waals surface area contributed by atoms with Crippen LogP contribution in [-0.2, 0) is 9.53 Å². The molecule has 166 valence electrons. The van der Waals surface area contributed by atoms with E-state index in [1.54, 1.807) is 18.3 Å². The number of hydrogen-bond acceptors (Lipinski definition) is 7. The first-order valence-electron chi connectivity index (χ1n) is 10.6. The van der Waals surface area contributed by atoms with Gasteiger partial charge in [-0.2, -0.15) is 5.10 Å². The van der Waals surface area contributed by atoms with Crippen molar-refractivity contribution in [3.05, 3.63) is 59.5 Å². The maximum absolute atomic E-state index is 12.5. The standard InChI is InChI=1S/C23H27N7O2/c1-17-2-4-18(5-3-17)6-7-19-25-21(27-20-8-10-24-29-20)16-22(26-19)28-23(31)9-11-30-12-14-32-15-13-30/h2-8,10,16H,9,11-15H2,1H3,(H3,24,25,26,27,28,29,31)/b7-6+. The molecule has 32 heavy (non-hydrogen) atoms. The summed E-state index contributed by atoms with van der Waals surface area (Å²) >= 11 is 0. The molecule has 0 radical (unpaired) electrons. The second kappa shape index (κ2) is 10.7. The average molecular weight is 434 g/mol. The van der Waals surface area contributed by atoms with E-state index in [9.17, 15) is 4.79 Å². The van der Waals surface area contributed by atoms with Gasteiger partial charge < -0.3 is 15.4 Å². The Morgan fingerprint density at radius 2 is 1.88 bits per heavy atom. The summed E-state index contributed by atoms with van der Waals surface area (Å²) in [5.41, 5.74) is 2.24. The van der Waals surface area contributed by atoms with Crippen LogP contribution in [0.15, 0.2) is 42.6 Å². The highest BCUT2D eigenvalue weighted by Crippen LogP contribution is 2.17. The van der Waals surface area contributed by atoms with Crippen molar-refractivity contribution in [1.29, 1.82) is 0 Å². The third kappa shape index (κ3) is 6.47. The number of morpholine rings is 1. The highest BCUT2D eigenvalue weighted by molar-refractivity contribution is 5.90. The number of nitrogens with zero attached hydrogens (tertiary/aromatic N) is 4. The summed E-state index contributed by atoms with van der Waals surface area (Å²) in [5, 5.41) is 12.9. The molecule has 1 fully saturated rings. The van der Waals surface area contributed by atoms with Gasteiger partial charge in [0.1, 0.15) is 11.6 Å². The third-order valence-corrected chi connectivity index (χ3v) is 5.03. The normalized spacial score (nSPS) is 14.5. The molecule has 1 aliphatic heterocycles. The van der Waals surface area contributed by atoms with Gasteiger partial charge in [-0.3, -0.25) is 14.8 Å². The zero-order valence-corrected chi connectivity index (χ0v) is 18.0. The molecule has 1 aliphatic rings. The lowest BCUT2D eigenvalue weighted by molar-refractivity contribution is -0.116. The fraction of sp³-hybridized carbons (Fsp3) is 0.304. The van der Waals surface area contributed by atoms with Crippen LogP contribution >= 0.6 is 0 Å². The Balaban J connectivity index is 1.47. The fourth-order valence-corrected chi connectivity index (χ4v) is 3.27. The van der Waals surface area contributed by atoms with Crippen molar-refractivity contribution in [1.82, 2.24) is 25.1 Å². The van der Waals surface area contributed by atoms with Crippen LogP contribution in [0.2, 0.25) is 0 Å². The molecular weight excluding hydrogens is 406 g/mol. The molecule has 0 atom stereocenters. The minimum Gasteiger partial charge on any atom is -0.379 e. The zero-order chi connectivity index (χ0) is 22.2. The molecule has 9 nitrogen and oxygen atoms in total. The molecule has 4 rings (SSSR count). The maximum atomic E-state index is 12.5. The number of rotatable bonds is 8. The number of amides is 1. The monoisotopic (exact) mass is 433 g/mol. The molecule has 0 saturated carbocycles. The van der Waals surface area contributed by atoms with Crippen LogP contribution in [0, 0.1) is 6.92 Å². The number of anilines is 3. The number of H-pyrrole nitrogens is 1. The SMILES string of the molecule is Cc1ccc(/C=C/c2nc(NC(=O)CCN3CCOCC3)cc(Nc3cc[nH]n3)n2)cc1. The molecule has 0 unspecified atom stereocenters. The van der Waals surface area contributed by atoms with Gasteiger partial charge >= 0.3 is 0 Å². The average Bonchev–Trinajstić information content (AvgIpc) is 3.31. The lowest BCUT2D eigenvalue weighted by Gasteiger charge is -2.26. The Hall–Kier alpha value is -3.56. The van der Waals surface area contributed by atoms with E-state index in [1.165, 1.54) is 5.56 Å². The Bertz CT molecular complexity index is 1040. The number of benzene rings is 1. The van der Waals surface area contributed by atoms with Gasteiger partial charge in [0.25, 0.3) is 0 Å². The summed E-state index contributed by atoms with van der Waals surface area (Å²) in [4.78, 5) is 23.8. The summed E-state index contributed by atoms with van der Waals surface area (Å²) in [6.07, 6.45) is 5.87. The van der Waals surface area contributed by atoms with Crippen molar-refractivity contribution >= 4 is 35.5 Å². The first-order valence-corrected chi connectivity index (χ1v) is 10.6. The minimum atomic E-state index is -0.0885. The van der Waals surface area contributed by atoms with Crippen LogP contribution in [0.4, 0.5) is 17.5 Å². The van der Waals surface area contributed by atoms with Gasteiger partial charge in [0, 0.05) is 44.4 Å². The number of hydrogen-bond donors (Lipinski definition) is 3. The molecule has 1 aromatic carbocycles. The summed E-state index contributed by atoms with van der Waals surface area (Å²) in [6.45, 7) is 5.88. The molecule has 1 saturated heterocycles. The van der Waals surface area contributed by atoms with Crippen molar-refractivity contribution in [3.8, 4) is 0 Å². The Morgan fingerprint density at radius 3 is 2.62 bits per heavy atom. The fourth-order valence-electron chi connectivity index (χ4n) is 3.27. The molecule has 0 spiro atoms. The van der Waals surface area contributed by atoms with Gasteiger partial charge in [-0.25, -0.2) is 9.97 Å². The lowest BCUT2D eigenvalue weighted by atomic mass is 10.1. The Labute approximate surface area is 186 Å². The molecule has 3 N–H and O–H groups in total. The van der Waals surface area contributed by atoms with Crippen LogP contribution < -0.4 is 10.6 Å². The number of aromatic nitrogens is 4. The van der Waals surface area contributed by atoms with Gasteiger partial charge in [0.2, 0.25) is 5.91 Å². The van der Waals surface area contributed by atoms with Crippen LogP contribution in [0.25, 0.3) is 12.2 Å². The van der Waals surface area contributed by atoms with E-state index in [-0.39, 0.29) is 5.91 Å². The number of ether oxygens (including phenoxy) is 1. The molecule has 0 aliphatic carbocycles. The Kier molecular flexibility index (Phi) is 7.21. The third-order valence-electron chi connectivity index (χ3n) is 5.03. The molecule has 9 heteroatoms. The van der Waals surface area contributed by atoms with Crippen molar-refractivity contribution in [2.45, 2.75) is 13.3 Å².